The molecule has 0 aliphatic carbocycles. The van der Waals surface area contributed by atoms with E-state index in [0.29, 0.717) is 12.6 Å². The van der Waals surface area contributed by atoms with Crippen molar-refractivity contribution >= 4 is 5.69 Å². The minimum atomic E-state index is -0.146. The predicted molar refractivity (Wildman–Crippen MR) is 81.2 cm³/mol. The summed E-state index contributed by atoms with van der Waals surface area (Å²) in [6, 6.07) is 5.80. The first-order valence-corrected chi connectivity index (χ1v) is 7.33. The van der Waals surface area contributed by atoms with Crippen LogP contribution in [0.3, 0.4) is 0 Å². The van der Waals surface area contributed by atoms with Crippen LogP contribution in [0.25, 0.3) is 0 Å². The Morgan fingerprint density at radius 3 is 2.58 bits per heavy atom. The van der Waals surface area contributed by atoms with Crippen LogP contribution >= 0.6 is 0 Å². The van der Waals surface area contributed by atoms with E-state index in [1.807, 2.05) is 7.05 Å². The lowest BCUT2D eigenvalue weighted by Crippen LogP contribution is -2.33. The van der Waals surface area contributed by atoms with E-state index < -0.39 is 0 Å². The summed E-state index contributed by atoms with van der Waals surface area (Å²) in [5.41, 5.74) is 2.01. The number of anilines is 1. The van der Waals surface area contributed by atoms with Crippen molar-refractivity contribution in [1.82, 2.24) is 5.32 Å². The van der Waals surface area contributed by atoms with Gasteiger partial charge >= 0.3 is 0 Å². The van der Waals surface area contributed by atoms with Gasteiger partial charge in [0.1, 0.15) is 5.82 Å². The summed E-state index contributed by atoms with van der Waals surface area (Å²) in [5, 5.41) is 3.08. The lowest BCUT2D eigenvalue weighted by molar-refractivity contribution is 0.587. The van der Waals surface area contributed by atoms with Crippen LogP contribution in [0, 0.1) is 5.82 Å². The monoisotopic (exact) mass is 266 g/mol. The largest absolute Gasteiger partial charge is 0.369 e. The second-order valence-electron chi connectivity index (χ2n) is 5.15. The highest BCUT2D eigenvalue weighted by Crippen LogP contribution is 2.22. The van der Waals surface area contributed by atoms with Crippen LogP contribution in [-0.2, 0) is 6.54 Å². The third-order valence-corrected chi connectivity index (χ3v) is 3.53. The maximum absolute atomic E-state index is 13.7. The summed E-state index contributed by atoms with van der Waals surface area (Å²) in [6.07, 6.45) is 3.37. The Balaban J connectivity index is 2.99. The minimum Gasteiger partial charge on any atom is -0.369 e. The van der Waals surface area contributed by atoms with Crippen molar-refractivity contribution in [2.24, 2.45) is 0 Å². The number of nitrogens with one attached hydrogen (secondary N) is 1. The van der Waals surface area contributed by atoms with E-state index in [4.69, 9.17) is 0 Å². The van der Waals surface area contributed by atoms with Gasteiger partial charge < -0.3 is 10.2 Å². The third-order valence-electron chi connectivity index (χ3n) is 3.53. The van der Waals surface area contributed by atoms with Crippen LogP contribution in [0.4, 0.5) is 10.1 Å². The summed E-state index contributed by atoms with van der Waals surface area (Å²) >= 11 is 0. The van der Waals surface area contributed by atoms with Crippen molar-refractivity contribution in [3.63, 3.8) is 0 Å². The number of unbranched alkanes of at least 4 members (excludes halogenated alkanes) is 1. The van der Waals surface area contributed by atoms with E-state index in [9.17, 15) is 4.39 Å². The molecular weight excluding hydrogens is 239 g/mol. The molecule has 19 heavy (non-hydrogen) atoms. The van der Waals surface area contributed by atoms with Gasteiger partial charge in [0, 0.05) is 24.8 Å². The Bertz CT molecular complexity index is 379. The van der Waals surface area contributed by atoms with E-state index in [1.165, 1.54) is 0 Å². The second-order valence-corrected chi connectivity index (χ2v) is 5.15. The number of hydrogen-bond acceptors (Lipinski definition) is 2. The van der Waals surface area contributed by atoms with E-state index in [0.717, 1.165) is 37.1 Å². The third kappa shape index (κ3) is 4.83. The van der Waals surface area contributed by atoms with Crippen molar-refractivity contribution in [1.29, 1.82) is 0 Å². The Morgan fingerprint density at radius 1 is 1.26 bits per heavy atom. The Labute approximate surface area is 117 Å². The second kappa shape index (κ2) is 8.16. The van der Waals surface area contributed by atoms with Crippen molar-refractivity contribution in [2.45, 2.75) is 52.6 Å². The molecule has 0 aliphatic heterocycles. The first-order chi connectivity index (χ1) is 9.12. The summed E-state index contributed by atoms with van der Waals surface area (Å²) in [6.45, 7) is 8.27. The first-order valence-electron chi connectivity index (χ1n) is 7.33. The normalized spacial score (nSPS) is 12.5. The van der Waals surface area contributed by atoms with Crippen LogP contribution in [0.2, 0.25) is 0 Å². The molecule has 108 valence electrons. The topological polar surface area (TPSA) is 15.3 Å². The van der Waals surface area contributed by atoms with Gasteiger partial charge in [-0.05, 0) is 50.6 Å². The lowest BCUT2D eigenvalue weighted by atomic mass is 10.1. The van der Waals surface area contributed by atoms with Crippen LogP contribution in [-0.4, -0.2) is 19.6 Å². The molecule has 1 aromatic rings. The summed E-state index contributed by atoms with van der Waals surface area (Å²) in [7, 11) is 1.88. The molecule has 1 aromatic carbocycles. The molecule has 2 nitrogen and oxygen atoms in total. The van der Waals surface area contributed by atoms with Gasteiger partial charge in [0.2, 0.25) is 0 Å². The van der Waals surface area contributed by atoms with E-state index >= 15 is 0 Å². The van der Waals surface area contributed by atoms with Gasteiger partial charge in [0.25, 0.3) is 0 Å². The fraction of sp³-hybridized carbons (Fsp3) is 0.625. The van der Waals surface area contributed by atoms with Gasteiger partial charge in [-0.2, -0.15) is 0 Å². The SMILES string of the molecule is CCCCN(c1cc(F)cc(CNC)c1)C(C)CC. The summed E-state index contributed by atoms with van der Waals surface area (Å²) in [5.74, 6) is -0.146. The van der Waals surface area contributed by atoms with Gasteiger partial charge in [-0.15, -0.1) is 0 Å². The smallest absolute Gasteiger partial charge is 0.125 e. The Morgan fingerprint density at radius 2 is 2.00 bits per heavy atom. The zero-order chi connectivity index (χ0) is 14.3. The quantitative estimate of drug-likeness (QED) is 0.766. The standard InChI is InChI=1S/C16H27FN2/c1-5-7-8-19(13(3)6-2)16-10-14(12-18-4)9-15(17)11-16/h9-11,13,18H,5-8,12H2,1-4H3. The molecule has 0 fully saturated rings. The molecule has 1 atom stereocenters. The number of hydrogen-bond donors (Lipinski definition) is 1. The zero-order valence-corrected chi connectivity index (χ0v) is 12.7. The highest BCUT2D eigenvalue weighted by atomic mass is 19.1. The Hall–Kier alpha value is -1.09. The van der Waals surface area contributed by atoms with Crippen LogP contribution < -0.4 is 10.2 Å². The minimum absolute atomic E-state index is 0.146. The molecule has 0 heterocycles. The molecule has 1 unspecified atom stereocenters. The number of nitrogens with zero attached hydrogens (tertiary/aromatic N) is 1. The van der Waals surface area contributed by atoms with Crippen LogP contribution in [0.1, 0.15) is 45.6 Å². The fourth-order valence-electron chi connectivity index (χ4n) is 2.26. The number of benzene rings is 1. The Kier molecular flexibility index (Phi) is 6.85. The molecule has 0 bridgehead atoms. The molecule has 0 radical (unpaired) electrons. The average Bonchev–Trinajstić information content (AvgIpc) is 2.38. The molecule has 0 amide bonds. The molecule has 3 heteroatoms. The average molecular weight is 266 g/mol. The van der Waals surface area contributed by atoms with Gasteiger partial charge in [0.15, 0.2) is 0 Å². The van der Waals surface area contributed by atoms with Crippen molar-refractivity contribution < 1.29 is 4.39 Å². The van der Waals surface area contributed by atoms with E-state index in [2.05, 4.69) is 37.1 Å². The molecule has 0 saturated heterocycles. The van der Waals surface area contributed by atoms with Gasteiger partial charge in [0.05, 0.1) is 0 Å². The van der Waals surface area contributed by atoms with Gasteiger partial charge in [-0.3, -0.25) is 0 Å². The number of rotatable bonds is 8. The summed E-state index contributed by atoms with van der Waals surface area (Å²) in [4.78, 5) is 2.33. The molecule has 0 aliphatic rings. The van der Waals surface area contributed by atoms with Crippen LogP contribution in [0.5, 0.6) is 0 Å². The molecule has 1 N–H and O–H groups in total. The molecule has 0 saturated carbocycles. The van der Waals surface area contributed by atoms with Crippen molar-refractivity contribution in [2.75, 3.05) is 18.5 Å². The van der Waals surface area contributed by atoms with Crippen LogP contribution in [0.15, 0.2) is 18.2 Å². The summed E-state index contributed by atoms with van der Waals surface area (Å²) < 4.78 is 13.7. The molecule has 1 rings (SSSR count). The van der Waals surface area contributed by atoms with Gasteiger partial charge in [-0.25, -0.2) is 4.39 Å². The maximum Gasteiger partial charge on any atom is 0.125 e. The first kappa shape index (κ1) is 16.0. The zero-order valence-electron chi connectivity index (χ0n) is 12.7. The predicted octanol–water partition coefficient (Wildman–Crippen LogP) is 3.95. The lowest BCUT2D eigenvalue weighted by Gasteiger charge is -2.31. The molecular formula is C16H27FN2. The van der Waals surface area contributed by atoms with E-state index in [1.54, 1.807) is 12.1 Å². The van der Waals surface area contributed by atoms with Crippen molar-refractivity contribution in [3.8, 4) is 0 Å². The van der Waals surface area contributed by atoms with Crippen molar-refractivity contribution in [3.05, 3.63) is 29.6 Å². The van der Waals surface area contributed by atoms with Gasteiger partial charge in [-0.1, -0.05) is 20.3 Å². The molecule has 0 aromatic heterocycles. The van der Waals surface area contributed by atoms with E-state index in [-0.39, 0.29) is 5.82 Å². The highest BCUT2D eigenvalue weighted by molar-refractivity contribution is 5.50. The maximum atomic E-state index is 13.7. The highest BCUT2D eigenvalue weighted by Gasteiger charge is 2.14. The number of halogens is 1. The fourth-order valence-corrected chi connectivity index (χ4v) is 2.26. The molecule has 0 spiro atoms.